The number of carbonyl (C=O) groups is 2. The number of hydrogen-bond donors (Lipinski definition) is 2. The van der Waals surface area contributed by atoms with Crippen LogP contribution in [0.3, 0.4) is 0 Å². The fourth-order valence-electron chi connectivity index (χ4n) is 3.31. The van der Waals surface area contributed by atoms with Gasteiger partial charge in [-0.25, -0.2) is 0 Å². The largest absolute Gasteiger partial charge is 0.497 e. The molecule has 1 aliphatic heterocycles. The molecular formula is C20H25N3O4S. The molecule has 0 spiro atoms. The second kappa shape index (κ2) is 9.07. The molecule has 0 radical (unpaired) electrons. The third-order valence-electron chi connectivity index (χ3n) is 4.59. The standard InChI is InChI=1S/C20H25N3O4S/c1-3-8-23-9-7-15-16(11-23)28-20(18(15)19(21)25)22-17(24)12-27-14-6-4-5-13(10-14)26-2/h4-6,10H,3,7-9,11-12H2,1-2H3,(H2,21,25)(H,22,24). The van der Waals surface area contributed by atoms with Gasteiger partial charge in [-0.05, 0) is 37.1 Å². The summed E-state index contributed by atoms with van der Waals surface area (Å²) in [6.07, 6.45) is 1.84. The van der Waals surface area contributed by atoms with E-state index in [9.17, 15) is 9.59 Å². The van der Waals surface area contributed by atoms with E-state index in [1.54, 1.807) is 31.4 Å². The molecule has 3 N–H and O–H groups in total. The summed E-state index contributed by atoms with van der Waals surface area (Å²) < 4.78 is 10.7. The van der Waals surface area contributed by atoms with Gasteiger partial charge in [0.15, 0.2) is 6.61 Å². The highest BCUT2D eigenvalue weighted by Gasteiger charge is 2.27. The summed E-state index contributed by atoms with van der Waals surface area (Å²) in [5, 5.41) is 3.31. The minimum absolute atomic E-state index is 0.171. The Kier molecular flexibility index (Phi) is 6.53. The monoisotopic (exact) mass is 403 g/mol. The van der Waals surface area contributed by atoms with E-state index in [0.29, 0.717) is 22.1 Å². The van der Waals surface area contributed by atoms with Crippen molar-refractivity contribution in [3.8, 4) is 11.5 Å². The molecule has 28 heavy (non-hydrogen) atoms. The molecule has 0 aliphatic carbocycles. The highest BCUT2D eigenvalue weighted by molar-refractivity contribution is 7.17. The van der Waals surface area contributed by atoms with Crippen molar-refractivity contribution in [2.45, 2.75) is 26.3 Å². The third kappa shape index (κ3) is 4.63. The Hall–Kier alpha value is -2.58. The predicted molar refractivity (Wildman–Crippen MR) is 109 cm³/mol. The maximum Gasteiger partial charge on any atom is 0.262 e. The van der Waals surface area contributed by atoms with E-state index in [1.807, 2.05) is 0 Å². The maximum atomic E-state index is 12.4. The summed E-state index contributed by atoms with van der Waals surface area (Å²) in [7, 11) is 1.57. The van der Waals surface area contributed by atoms with Gasteiger partial charge in [0.05, 0.1) is 12.7 Å². The average molecular weight is 404 g/mol. The van der Waals surface area contributed by atoms with Gasteiger partial charge < -0.3 is 20.5 Å². The second-order valence-corrected chi connectivity index (χ2v) is 7.72. The fraction of sp³-hybridized carbons (Fsp3) is 0.400. The van der Waals surface area contributed by atoms with Crippen molar-refractivity contribution in [3.63, 3.8) is 0 Å². The maximum absolute atomic E-state index is 12.4. The number of hydrogen-bond acceptors (Lipinski definition) is 6. The van der Waals surface area contributed by atoms with Gasteiger partial charge in [0.2, 0.25) is 0 Å². The van der Waals surface area contributed by atoms with Crippen molar-refractivity contribution >= 4 is 28.2 Å². The van der Waals surface area contributed by atoms with E-state index in [2.05, 4.69) is 17.1 Å². The highest BCUT2D eigenvalue weighted by atomic mass is 32.1. The van der Waals surface area contributed by atoms with E-state index in [0.717, 1.165) is 42.9 Å². The van der Waals surface area contributed by atoms with Gasteiger partial charge in [-0.3, -0.25) is 14.5 Å². The Labute approximate surface area is 168 Å². The smallest absolute Gasteiger partial charge is 0.262 e. The lowest BCUT2D eigenvalue weighted by atomic mass is 10.0. The van der Waals surface area contributed by atoms with Gasteiger partial charge >= 0.3 is 0 Å². The molecule has 2 amide bonds. The van der Waals surface area contributed by atoms with Gasteiger partial charge in [-0.15, -0.1) is 11.3 Å². The van der Waals surface area contributed by atoms with Crippen LogP contribution in [-0.4, -0.2) is 43.5 Å². The Bertz CT molecular complexity index is 865. The lowest BCUT2D eigenvalue weighted by molar-refractivity contribution is -0.118. The minimum Gasteiger partial charge on any atom is -0.497 e. The molecule has 0 saturated carbocycles. The number of primary amides is 1. The number of fused-ring (bicyclic) bond motifs is 1. The van der Waals surface area contributed by atoms with Crippen molar-refractivity contribution < 1.29 is 19.1 Å². The Morgan fingerprint density at radius 1 is 1.32 bits per heavy atom. The van der Waals surface area contributed by atoms with Crippen molar-refractivity contribution in [1.82, 2.24) is 4.90 Å². The number of nitrogens with two attached hydrogens (primary N) is 1. The number of carbonyl (C=O) groups excluding carboxylic acids is 2. The van der Waals surface area contributed by atoms with Crippen LogP contribution in [0.4, 0.5) is 5.00 Å². The third-order valence-corrected chi connectivity index (χ3v) is 5.72. The first-order valence-corrected chi connectivity index (χ1v) is 10.1. The van der Waals surface area contributed by atoms with Crippen LogP contribution < -0.4 is 20.5 Å². The van der Waals surface area contributed by atoms with Crippen molar-refractivity contribution in [3.05, 3.63) is 40.3 Å². The minimum atomic E-state index is -0.509. The second-order valence-electron chi connectivity index (χ2n) is 6.61. The number of amides is 2. The average Bonchev–Trinajstić information content (AvgIpc) is 3.04. The molecule has 0 atom stereocenters. The topological polar surface area (TPSA) is 93.9 Å². The van der Waals surface area contributed by atoms with Gasteiger partial charge in [0.25, 0.3) is 11.8 Å². The van der Waals surface area contributed by atoms with Gasteiger partial charge in [-0.1, -0.05) is 13.0 Å². The summed E-state index contributed by atoms with van der Waals surface area (Å²) in [6.45, 7) is 4.66. The molecule has 1 aromatic carbocycles. The van der Waals surface area contributed by atoms with E-state index >= 15 is 0 Å². The van der Waals surface area contributed by atoms with Crippen LogP contribution in [0.25, 0.3) is 0 Å². The van der Waals surface area contributed by atoms with Gasteiger partial charge in [-0.2, -0.15) is 0 Å². The van der Waals surface area contributed by atoms with E-state index in [4.69, 9.17) is 15.2 Å². The number of rotatable bonds is 8. The summed E-state index contributed by atoms with van der Waals surface area (Å²) in [5.41, 5.74) is 7.01. The van der Waals surface area contributed by atoms with Crippen molar-refractivity contribution in [1.29, 1.82) is 0 Å². The van der Waals surface area contributed by atoms with Crippen LogP contribution in [0.5, 0.6) is 11.5 Å². The van der Waals surface area contributed by atoms with Crippen molar-refractivity contribution in [2.24, 2.45) is 5.73 Å². The van der Waals surface area contributed by atoms with Crippen LogP contribution in [0.2, 0.25) is 0 Å². The number of ether oxygens (including phenoxy) is 2. The SMILES string of the molecule is CCCN1CCc2c(sc(NC(=O)COc3cccc(OC)c3)c2C(N)=O)C1. The normalized spacial score (nSPS) is 13.6. The summed E-state index contributed by atoms with van der Waals surface area (Å²) in [6, 6.07) is 7.03. The molecule has 8 heteroatoms. The number of nitrogens with zero attached hydrogens (tertiary/aromatic N) is 1. The summed E-state index contributed by atoms with van der Waals surface area (Å²) >= 11 is 1.43. The molecule has 1 aliphatic rings. The van der Waals surface area contributed by atoms with E-state index < -0.39 is 5.91 Å². The number of nitrogens with one attached hydrogen (secondary N) is 1. The lowest BCUT2D eigenvalue weighted by Crippen LogP contribution is -2.31. The van der Waals surface area contributed by atoms with Crippen molar-refractivity contribution in [2.75, 3.05) is 32.1 Å². The van der Waals surface area contributed by atoms with E-state index in [1.165, 1.54) is 11.3 Å². The Morgan fingerprint density at radius 3 is 2.82 bits per heavy atom. The zero-order valence-corrected chi connectivity index (χ0v) is 16.9. The first-order chi connectivity index (χ1) is 13.5. The first kappa shape index (κ1) is 20.2. The molecule has 1 aromatic heterocycles. The summed E-state index contributed by atoms with van der Waals surface area (Å²) in [4.78, 5) is 27.8. The van der Waals surface area contributed by atoms with Crippen LogP contribution in [0, 0.1) is 0 Å². The number of anilines is 1. The molecule has 2 heterocycles. The molecule has 3 rings (SSSR count). The van der Waals surface area contributed by atoms with Crippen LogP contribution >= 0.6 is 11.3 Å². The predicted octanol–water partition coefficient (Wildman–Crippen LogP) is 2.64. The molecule has 0 fully saturated rings. The van der Waals surface area contributed by atoms with Crippen LogP contribution in [0.1, 0.15) is 34.1 Å². The van der Waals surface area contributed by atoms with Gasteiger partial charge in [0.1, 0.15) is 16.5 Å². The zero-order valence-electron chi connectivity index (χ0n) is 16.1. The van der Waals surface area contributed by atoms with Gasteiger partial charge in [0, 0.05) is 24.0 Å². The Balaban J connectivity index is 1.69. The molecule has 0 unspecified atom stereocenters. The Morgan fingerprint density at radius 2 is 2.11 bits per heavy atom. The van der Waals surface area contributed by atoms with Crippen LogP contribution in [-0.2, 0) is 17.8 Å². The molecule has 150 valence electrons. The summed E-state index contributed by atoms with van der Waals surface area (Å²) in [5.74, 6) is 0.335. The van der Waals surface area contributed by atoms with Crippen LogP contribution in [0.15, 0.2) is 24.3 Å². The molecule has 2 aromatic rings. The zero-order chi connectivity index (χ0) is 20.1. The molecule has 7 nitrogen and oxygen atoms in total. The quantitative estimate of drug-likeness (QED) is 0.707. The number of methoxy groups -OCH3 is 1. The van der Waals surface area contributed by atoms with E-state index in [-0.39, 0.29) is 12.5 Å². The number of benzene rings is 1. The highest BCUT2D eigenvalue weighted by Crippen LogP contribution is 2.37. The first-order valence-electron chi connectivity index (χ1n) is 9.25. The lowest BCUT2D eigenvalue weighted by Gasteiger charge is -2.26. The molecule has 0 bridgehead atoms. The molecular weight excluding hydrogens is 378 g/mol. The fourth-order valence-corrected chi connectivity index (χ4v) is 4.63. The molecule has 0 saturated heterocycles. The number of thiophene rings is 1.